The van der Waals surface area contributed by atoms with E-state index in [1.165, 1.54) is 24.1 Å². The molecule has 2 amide bonds. The molecule has 27 heavy (non-hydrogen) atoms. The van der Waals surface area contributed by atoms with Gasteiger partial charge in [0, 0.05) is 31.3 Å². The van der Waals surface area contributed by atoms with Crippen LogP contribution in [0.1, 0.15) is 44.9 Å². The maximum absolute atomic E-state index is 12.6. The molecular formula is C19H20N6O2. The average Bonchev–Trinajstić information content (AvgIpc) is 3.11. The van der Waals surface area contributed by atoms with E-state index in [2.05, 4.69) is 25.7 Å². The Labute approximate surface area is 156 Å². The van der Waals surface area contributed by atoms with Crippen LogP contribution >= 0.6 is 0 Å². The van der Waals surface area contributed by atoms with Gasteiger partial charge in [0.25, 0.3) is 11.8 Å². The number of anilines is 1. The van der Waals surface area contributed by atoms with E-state index in [0.717, 1.165) is 5.56 Å². The quantitative estimate of drug-likeness (QED) is 0.721. The second kappa shape index (κ2) is 7.77. The summed E-state index contributed by atoms with van der Waals surface area (Å²) in [7, 11) is 3.23. The lowest BCUT2D eigenvalue weighted by Crippen LogP contribution is -2.22. The second-order valence-corrected chi connectivity index (χ2v) is 6.07. The lowest BCUT2D eigenvalue weighted by atomic mass is 9.96. The molecule has 138 valence electrons. The first-order chi connectivity index (χ1) is 13.0. The van der Waals surface area contributed by atoms with E-state index in [0.29, 0.717) is 11.3 Å². The zero-order chi connectivity index (χ0) is 19.4. The minimum atomic E-state index is -0.407. The summed E-state index contributed by atoms with van der Waals surface area (Å²) in [6.07, 6.45) is 1.49. The van der Waals surface area contributed by atoms with E-state index in [1.54, 1.807) is 13.1 Å². The fraction of sp³-hybridized carbons (Fsp3) is 0.211. The Bertz CT molecular complexity index is 967. The number of hydrogen-bond donors (Lipinski definition) is 2. The number of aromatic nitrogens is 4. The Hall–Kier alpha value is -3.55. The van der Waals surface area contributed by atoms with Gasteiger partial charge in [-0.25, -0.2) is 9.97 Å². The molecule has 2 aromatic heterocycles. The molecule has 1 aromatic carbocycles. The Kier molecular flexibility index (Phi) is 5.25. The van der Waals surface area contributed by atoms with Gasteiger partial charge in [0.15, 0.2) is 0 Å². The van der Waals surface area contributed by atoms with Gasteiger partial charge in [-0.15, -0.1) is 5.10 Å². The maximum Gasteiger partial charge on any atom is 0.269 e. The van der Waals surface area contributed by atoms with Crippen molar-refractivity contribution in [2.45, 2.75) is 12.8 Å². The summed E-state index contributed by atoms with van der Waals surface area (Å²) in [6.45, 7) is 1.98. The van der Waals surface area contributed by atoms with Crippen molar-refractivity contribution in [3.8, 4) is 0 Å². The molecule has 2 heterocycles. The number of amides is 2. The van der Waals surface area contributed by atoms with Crippen molar-refractivity contribution >= 4 is 17.8 Å². The third-order valence-corrected chi connectivity index (χ3v) is 4.14. The van der Waals surface area contributed by atoms with Gasteiger partial charge >= 0.3 is 0 Å². The molecule has 0 aliphatic rings. The van der Waals surface area contributed by atoms with Crippen LogP contribution < -0.4 is 10.6 Å². The number of pyridine rings is 1. The van der Waals surface area contributed by atoms with Crippen molar-refractivity contribution in [3.05, 3.63) is 71.3 Å². The Balaban J connectivity index is 1.97. The Morgan fingerprint density at radius 3 is 2.48 bits per heavy atom. The molecule has 3 aromatic rings. The molecule has 0 saturated heterocycles. The van der Waals surface area contributed by atoms with Crippen LogP contribution in [0.25, 0.3) is 0 Å². The fourth-order valence-electron chi connectivity index (χ4n) is 2.63. The summed E-state index contributed by atoms with van der Waals surface area (Å²) in [4.78, 5) is 33.2. The Morgan fingerprint density at radius 1 is 1.11 bits per heavy atom. The van der Waals surface area contributed by atoms with Gasteiger partial charge in [-0.1, -0.05) is 37.3 Å². The normalized spacial score (nSPS) is 11.7. The van der Waals surface area contributed by atoms with Crippen molar-refractivity contribution in [3.63, 3.8) is 0 Å². The standard InChI is InChI=1S/C19H20N6O2/c1-12(13-7-5-4-6-8-13)15-9-14(10-16(22-15)18(27)20-2)17(26)23-19-21-11-25(3)24-19/h4-12H,1-3H3,(H,20,27)(H,23,24,26)/t12-/m0/s1. The summed E-state index contributed by atoms with van der Waals surface area (Å²) in [6, 6.07) is 12.9. The zero-order valence-corrected chi connectivity index (χ0v) is 15.3. The first kappa shape index (κ1) is 18.2. The number of carbonyl (C=O) groups excluding carboxylic acids is 2. The highest BCUT2D eigenvalue weighted by atomic mass is 16.2. The highest BCUT2D eigenvalue weighted by molar-refractivity contribution is 6.05. The molecule has 0 fully saturated rings. The van der Waals surface area contributed by atoms with Crippen molar-refractivity contribution in [1.82, 2.24) is 25.1 Å². The van der Waals surface area contributed by atoms with Crippen molar-refractivity contribution in [2.75, 3.05) is 12.4 Å². The number of rotatable bonds is 5. The van der Waals surface area contributed by atoms with Crippen LogP contribution in [0.5, 0.6) is 0 Å². The second-order valence-electron chi connectivity index (χ2n) is 6.07. The van der Waals surface area contributed by atoms with E-state index in [9.17, 15) is 9.59 Å². The maximum atomic E-state index is 12.6. The lowest BCUT2D eigenvalue weighted by Gasteiger charge is -2.14. The van der Waals surface area contributed by atoms with E-state index in [4.69, 9.17) is 0 Å². The van der Waals surface area contributed by atoms with Gasteiger partial charge in [0.05, 0.1) is 0 Å². The SMILES string of the molecule is CNC(=O)c1cc(C(=O)Nc2ncn(C)n2)cc([C@@H](C)c2ccccc2)n1. The van der Waals surface area contributed by atoms with Crippen molar-refractivity contribution < 1.29 is 9.59 Å². The first-order valence-corrected chi connectivity index (χ1v) is 8.44. The minimum absolute atomic E-state index is 0.0877. The zero-order valence-electron chi connectivity index (χ0n) is 15.3. The summed E-state index contributed by atoms with van der Waals surface area (Å²) < 4.78 is 1.49. The minimum Gasteiger partial charge on any atom is -0.354 e. The van der Waals surface area contributed by atoms with Gasteiger partial charge in [0.1, 0.15) is 12.0 Å². The molecule has 0 aliphatic carbocycles. The van der Waals surface area contributed by atoms with Crippen LogP contribution in [0, 0.1) is 0 Å². The molecule has 0 radical (unpaired) electrons. The number of nitrogens with zero attached hydrogens (tertiary/aromatic N) is 4. The molecule has 0 bridgehead atoms. The van der Waals surface area contributed by atoms with E-state index < -0.39 is 5.91 Å². The first-order valence-electron chi connectivity index (χ1n) is 8.44. The molecule has 0 saturated carbocycles. The fourth-order valence-corrected chi connectivity index (χ4v) is 2.63. The summed E-state index contributed by atoms with van der Waals surface area (Å²) in [5.74, 6) is -0.661. The third kappa shape index (κ3) is 4.17. The number of benzene rings is 1. The molecule has 0 spiro atoms. The van der Waals surface area contributed by atoms with Gasteiger partial charge in [-0.05, 0) is 17.7 Å². The van der Waals surface area contributed by atoms with Gasteiger partial charge in [-0.2, -0.15) is 0 Å². The van der Waals surface area contributed by atoms with Crippen LogP contribution in [-0.4, -0.2) is 38.6 Å². The molecule has 0 aliphatic heterocycles. The van der Waals surface area contributed by atoms with Gasteiger partial charge in [-0.3, -0.25) is 19.6 Å². The average molecular weight is 364 g/mol. The molecule has 1 atom stereocenters. The Morgan fingerprint density at radius 2 is 1.85 bits per heavy atom. The molecule has 2 N–H and O–H groups in total. The van der Waals surface area contributed by atoms with Crippen LogP contribution in [0.4, 0.5) is 5.95 Å². The predicted octanol–water partition coefficient (Wildman–Crippen LogP) is 1.97. The summed E-state index contributed by atoms with van der Waals surface area (Å²) in [5, 5.41) is 9.21. The molecule has 8 heteroatoms. The smallest absolute Gasteiger partial charge is 0.269 e. The lowest BCUT2D eigenvalue weighted by molar-refractivity contribution is 0.0958. The summed E-state index contributed by atoms with van der Waals surface area (Å²) in [5.41, 5.74) is 2.16. The van der Waals surface area contributed by atoms with Crippen LogP contribution in [0.2, 0.25) is 0 Å². The number of carbonyl (C=O) groups is 2. The van der Waals surface area contributed by atoms with Crippen molar-refractivity contribution in [1.29, 1.82) is 0 Å². The molecular weight excluding hydrogens is 344 g/mol. The van der Waals surface area contributed by atoms with E-state index in [-0.39, 0.29) is 23.5 Å². The monoisotopic (exact) mass is 364 g/mol. The van der Waals surface area contributed by atoms with Gasteiger partial charge < -0.3 is 5.32 Å². The number of aryl methyl sites for hydroxylation is 1. The highest BCUT2D eigenvalue weighted by Gasteiger charge is 2.18. The van der Waals surface area contributed by atoms with Crippen LogP contribution in [-0.2, 0) is 7.05 Å². The van der Waals surface area contributed by atoms with Crippen molar-refractivity contribution in [2.24, 2.45) is 7.05 Å². The van der Waals surface area contributed by atoms with E-state index in [1.807, 2.05) is 37.3 Å². The molecule has 3 rings (SSSR count). The topological polar surface area (TPSA) is 102 Å². The van der Waals surface area contributed by atoms with Crippen LogP contribution in [0.3, 0.4) is 0 Å². The highest BCUT2D eigenvalue weighted by Crippen LogP contribution is 2.24. The van der Waals surface area contributed by atoms with Gasteiger partial charge in [0.2, 0.25) is 5.95 Å². The third-order valence-electron chi connectivity index (χ3n) is 4.14. The number of hydrogen-bond acceptors (Lipinski definition) is 5. The molecule has 0 unspecified atom stereocenters. The molecule has 8 nitrogen and oxygen atoms in total. The largest absolute Gasteiger partial charge is 0.354 e. The summed E-state index contributed by atoms with van der Waals surface area (Å²) >= 11 is 0. The van der Waals surface area contributed by atoms with Crippen LogP contribution in [0.15, 0.2) is 48.8 Å². The predicted molar refractivity (Wildman–Crippen MR) is 101 cm³/mol. The van der Waals surface area contributed by atoms with E-state index >= 15 is 0 Å². The number of nitrogens with one attached hydrogen (secondary N) is 2.